The molecule has 0 bridgehead atoms. The minimum absolute atomic E-state index is 0.765. The van der Waals surface area contributed by atoms with E-state index in [4.69, 9.17) is 0 Å². The Balaban J connectivity index is 2.87. The molecule has 2 nitrogen and oxygen atoms in total. The van der Waals surface area contributed by atoms with Crippen LogP contribution in [0.2, 0.25) is 0 Å². The maximum Gasteiger partial charge on any atom is 0.496 e. The summed E-state index contributed by atoms with van der Waals surface area (Å²) in [7, 11) is 0. The minimum Gasteiger partial charge on any atom is -0.429 e. The molecule has 1 aromatic rings. The van der Waals surface area contributed by atoms with E-state index in [0.29, 0.717) is 0 Å². The van der Waals surface area contributed by atoms with E-state index < -0.39 is 11.8 Å². The van der Waals surface area contributed by atoms with Crippen molar-refractivity contribution in [3.05, 3.63) is 35.9 Å². The highest BCUT2D eigenvalue weighted by molar-refractivity contribution is 5.59. The fourth-order valence-corrected chi connectivity index (χ4v) is 1.10. The van der Waals surface area contributed by atoms with Gasteiger partial charge in [0.25, 0.3) is 0 Å². The van der Waals surface area contributed by atoms with Crippen molar-refractivity contribution < 1.29 is 13.9 Å². The number of ether oxygens (including phenoxy) is 1. The summed E-state index contributed by atoms with van der Waals surface area (Å²) < 4.78 is 16.5. The van der Waals surface area contributed by atoms with Crippen LogP contribution in [0.5, 0.6) is 0 Å². The molecule has 1 aromatic carbocycles. The van der Waals surface area contributed by atoms with Crippen LogP contribution >= 0.6 is 0 Å². The second-order valence-electron chi connectivity index (χ2n) is 3.22. The lowest BCUT2D eigenvalue weighted by Crippen LogP contribution is -2.22. The van der Waals surface area contributed by atoms with E-state index in [2.05, 4.69) is 4.74 Å². The molecule has 0 aliphatic carbocycles. The van der Waals surface area contributed by atoms with Gasteiger partial charge in [-0.25, -0.2) is 4.79 Å². The number of rotatable bonds is 2. The molecule has 0 aliphatic heterocycles. The zero-order valence-corrected chi connectivity index (χ0v) is 7.58. The Kier molecular flexibility index (Phi) is 2.66. The van der Waals surface area contributed by atoms with Gasteiger partial charge in [0.05, 0.1) is 0 Å². The molecule has 1 rings (SSSR count). The number of hydrogen-bond acceptors (Lipinski definition) is 2. The summed E-state index contributed by atoms with van der Waals surface area (Å²) in [6.45, 7) is 3.28. The summed E-state index contributed by atoms with van der Waals surface area (Å²) in [5.41, 5.74) is -0.145. The van der Waals surface area contributed by atoms with Crippen LogP contribution in [0.4, 0.5) is 9.18 Å². The monoisotopic (exact) mass is 182 g/mol. The lowest BCUT2D eigenvalue weighted by molar-refractivity contribution is 0.0193. The van der Waals surface area contributed by atoms with Crippen molar-refractivity contribution in [1.29, 1.82) is 0 Å². The quantitative estimate of drug-likeness (QED) is 0.657. The SMILES string of the molecule is CC(C)(OC(=O)F)c1ccccc1. The van der Waals surface area contributed by atoms with E-state index in [1.54, 1.807) is 26.0 Å². The Hall–Kier alpha value is -1.38. The van der Waals surface area contributed by atoms with Gasteiger partial charge in [0.1, 0.15) is 5.60 Å². The lowest BCUT2D eigenvalue weighted by atomic mass is 9.98. The van der Waals surface area contributed by atoms with Crippen LogP contribution in [0, 0.1) is 0 Å². The number of carbonyl (C=O) groups excluding carboxylic acids is 1. The van der Waals surface area contributed by atoms with E-state index in [-0.39, 0.29) is 0 Å². The molecule has 0 saturated carbocycles. The third kappa shape index (κ3) is 2.54. The van der Waals surface area contributed by atoms with Crippen LogP contribution in [0.3, 0.4) is 0 Å². The van der Waals surface area contributed by atoms with Crippen molar-refractivity contribution >= 4 is 6.22 Å². The Morgan fingerprint density at radius 3 is 2.31 bits per heavy atom. The van der Waals surface area contributed by atoms with Crippen molar-refractivity contribution in [3.63, 3.8) is 0 Å². The van der Waals surface area contributed by atoms with Crippen LogP contribution in [-0.2, 0) is 10.3 Å². The van der Waals surface area contributed by atoms with Crippen LogP contribution < -0.4 is 0 Å². The maximum atomic E-state index is 12.0. The average molecular weight is 182 g/mol. The summed E-state index contributed by atoms with van der Waals surface area (Å²) in [6.07, 6.45) is -1.76. The van der Waals surface area contributed by atoms with E-state index in [9.17, 15) is 9.18 Å². The van der Waals surface area contributed by atoms with Gasteiger partial charge >= 0.3 is 6.22 Å². The molecule has 3 heteroatoms. The Morgan fingerprint density at radius 1 is 1.31 bits per heavy atom. The van der Waals surface area contributed by atoms with Gasteiger partial charge < -0.3 is 4.74 Å². The van der Waals surface area contributed by atoms with Crippen molar-refractivity contribution in [3.8, 4) is 0 Å². The first-order valence-corrected chi connectivity index (χ1v) is 3.96. The molecule has 0 N–H and O–H groups in total. The van der Waals surface area contributed by atoms with Gasteiger partial charge in [-0.2, -0.15) is 0 Å². The standard InChI is InChI=1S/C10H11FO2/c1-10(2,13-9(11)12)8-6-4-3-5-7-8/h3-7H,1-2H3. The third-order valence-corrected chi connectivity index (χ3v) is 1.80. The van der Waals surface area contributed by atoms with Gasteiger partial charge in [0.2, 0.25) is 0 Å². The Bertz CT molecular complexity index is 293. The fraction of sp³-hybridized carbons (Fsp3) is 0.300. The van der Waals surface area contributed by atoms with Crippen molar-refractivity contribution in [2.45, 2.75) is 19.4 Å². The Morgan fingerprint density at radius 2 is 1.85 bits per heavy atom. The molecule has 0 atom stereocenters. The summed E-state index contributed by atoms with van der Waals surface area (Å²) in [4.78, 5) is 10.1. The van der Waals surface area contributed by atoms with Gasteiger partial charge in [-0.15, -0.1) is 4.39 Å². The predicted molar refractivity (Wildman–Crippen MR) is 47.1 cm³/mol. The minimum atomic E-state index is -1.76. The average Bonchev–Trinajstić information content (AvgIpc) is 2.04. The molecule has 0 saturated heterocycles. The number of benzene rings is 1. The first-order valence-electron chi connectivity index (χ1n) is 3.96. The van der Waals surface area contributed by atoms with E-state index in [0.717, 1.165) is 5.56 Å². The number of hydrogen-bond donors (Lipinski definition) is 0. The van der Waals surface area contributed by atoms with Gasteiger partial charge in [0, 0.05) is 0 Å². The van der Waals surface area contributed by atoms with Crippen LogP contribution in [0.25, 0.3) is 0 Å². The molecule has 0 amide bonds. The fourth-order valence-electron chi connectivity index (χ4n) is 1.10. The van der Waals surface area contributed by atoms with Gasteiger partial charge in [-0.3, -0.25) is 0 Å². The summed E-state index contributed by atoms with van der Waals surface area (Å²) >= 11 is 0. The summed E-state index contributed by atoms with van der Waals surface area (Å²) in [5.74, 6) is 0. The van der Waals surface area contributed by atoms with Crippen molar-refractivity contribution in [2.75, 3.05) is 0 Å². The van der Waals surface area contributed by atoms with E-state index in [1.165, 1.54) is 0 Å². The molecule has 0 spiro atoms. The smallest absolute Gasteiger partial charge is 0.429 e. The molecule has 70 valence electrons. The second kappa shape index (κ2) is 3.56. The molecule has 13 heavy (non-hydrogen) atoms. The molecule has 0 aromatic heterocycles. The molecule has 0 heterocycles. The molecule has 0 unspecified atom stereocenters. The van der Waals surface area contributed by atoms with Gasteiger partial charge in [0.15, 0.2) is 0 Å². The zero-order chi connectivity index (χ0) is 9.90. The zero-order valence-electron chi connectivity index (χ0n) is 7.58. The first-order chi connectivity index (χ1) is 6.02. The van der Waals surface area contributed by atoms with E-state index >= 15 is 0 Å². The van der Waals surface area contributed by atoms with Crippen LogP contribution in [0.15, 0.2) is 30.3 Å². The van der Waals surface area contributed by atoms with Gasteiger partial charge in [-0.1, -0.05) is 30.3 Å². The van der Waals surface area contributed by atoms with E-state index in [1.807, 2.05) is 18.2 Å². The van der Waals surface area contributed by atoms with Crippen molar-refractivity contribution in [1.82, 2.24) is 0 Å². The first kappa shape index (κ1) is 9.71. The summed E-state index contributed by atoms with van der Waals surface area (Å²) in [6, 6.07) is 9.02. The third-order valence-electron chi connectivity index (χ3n) is 1.80. The topological polar surface area (TPSA) is 26.3 Å². The van der Waals surface area contributed by atoms with Crippen molar-refractivity contribution in [2.24, 2.45) is 0 Å². The second-order valence-corrected chi connectivity index (χ2v) is 3.22. The highest BCUT2D eigenvalue weighted by Gasteiger charge is 2.24. The molecule has 0 radical (unpaired) electrons. The predicted octanol–water partition coefficient (Wildman–Crippen LogP) is 3.03. The number of carbonyl (C=O) groups is 1. The van der Waals surface area contributed by atoms with Crippen LogP contribution in [0.1, 0.15) is 19.4 Å². The van der Waals surface area contributed by atoms with Gasteiger partial charge in [-0.05, 0) is 19.4 Å². The normalized spacial score (nSPS) is 11.0. The molecular weight excluding hydrogens is 171 g/mol. The molecular formula is C10H11FO2. The summed E-state index contributed by atoms with van der Waals surface area (Å²) in [5, 5.41) is 0. The Labute approximate surface area is 76.3 Å². The number of halogens is 1. The highest BCUT2D eigenvalue weighted by Crippen LogP contribution is 2.24. The maximum absolute atomic E-state index is 12.0. The lowest BCUT2D eigenvalue weighted by Gasteiger charge is -2.23. The largest absolute Gasteiger partial charge is 0.496 e. The highest BCUT2D eigenvalue weighted by atomic mass is 19.1. The molecule has 0 fully saturated rings. The molecule has 0 aliphatic rings. The van der Waals surface area contributed by atoms with Crippen LogP contribution in [-0.4, -0.2) is 6.22 Å².